The van der Waals surface area contributed by atoms with Crippen LogP contribution in [-0.2, 0) is 0 Å². The molecule has 1 aromatic carbocycles. The maximum absolute atomic E-state index is 15.4. The summed E-state index contributed by atoms with van der Waals surface area (Å²) in [6, 6.07) is 2.80. The van der Waals surface area contributed by atoms with Gasteiger partial charge in [0.05, 0.1) is 11.3 Å². The van der Waals surface area contributed by atoms with Crippen molar-refractivity contribution in [2.75, 3.05) is 29.1 Å². The number of nitrogens with two attached hydrogens (primary N) is 1. The molecule has 2 aromatic heterocycles. The van der Waals surface area contributed by atoms with Gasteiger partial charge in [0.1, 0.15) is 18.1 Å². The van der Waals surface area contributed by atoms with Crippen LogP contribution in [0.1, 0.15) is 25.8 Å². The number of fused-ring (bicyclic) bond motifs is 2. The molecule has 5 rings (SSSR count). The van der Waals surface area contributed by atoms with Gasteiger partial charge < -0.3 is 26.0 Å². The number of pyridine rings is 2. The van der Waals surface area contributed by atoms with Crippen LogP contribution in [0.2, 0.25) is 0 Å². The third kappa shape index (κ3) is 3.28. The van der Waals surface area contributed by atoms with Gasteiger partial charge in [-0.25, -0.2) is 19.2 Å². The number of amides is 1. The van der Waals surface area contributed by atoms with Gasteiger partial charge in [0.25, 0.3) is 0 Å². The minimum atomic E-state index is -1.17. The zero-order valence-electron chi connectivity index (χ0n) is 19.1. The highest BCUT2D eigenvalue weighted by Crippen LogP contribution is 2.44. The molecule has 1 aliphatic carbocycles. The Morgan fingerprint density at radius 1 is 1.32 bits per heavy atom. The molecule has 1 aliphatic heterocycles. The first-order chi connectivity index (χ1) is 16.1. The van der Waals surface area contributed by atoms with Gasteiger partial charge in [0, 0.05) is 47.4 Å². The summed E-state index contributed by atoms with van der Waals surface area (Å²) in [5, 5.41) is 24.4. The van der Waals surface area contributed by atoms with Crippen LogP contribution in [0.25, 0.3) is 21.9 Å². The van der Waals surface area contributed by atoms with Crippen molar-refractivity contribution in [2.45, 2.75) is 38.8 Å². The third-order valence-electron chi connectivity index (χ3n) is 7.19. The van der Waals surface area contributed by atoms with Crippen molar-refractivity contribution in [3.05, 3.63) is 35.9 Å². The van der Waals surface area contributed by atoms with Crippen molar-refractivity contribution in [3.63, 3.8) is 0 Å². The summed E-state index contributed by atoms with van der Waals surface area (Å²) in [5.41, 5.74) is 7.42. The topological polar surface area (TPSA) is 134 Å². The summed E-state index contributed by atoms with van der Waals surface area (Å²) in [5.74, 6) is -0.202. The fourth-order valence-corrected chi connectivity index (χ4v) is 4.87. The van der Waals surface area contributed by atoms with Gasteiger partial charge >= 0.3 is 6.09 Å². The van der Waals surface area contributed by atoms with E-state index in [1.165, 1.54) is 6.20 Å². The lowest BCUT2D eigenvalue weighted by molar-refractivity contribution is -0.0852. The number of aromatic nitrogens is 2. The number of nitrogens with one attached hydrogen (secondary N) is 1. The predicted molar refractivity (Wildman–Crippen MR) is 127 cm³/mol. The Hall–Kier alpha value is -3.66. The summed E-state index contributed by atoms with van der Waals surface area (Å²) in [6.45, 7) is 6.47. The van der Waals surface area contributed by atoms with E-state index >= 15 is 4.39 Å². The molecule has 1 fully saturated rings. The fraction of sp³-hybridized carbons (Fsp3) is 0.375. The number of carboxylic acid groups (broad SMARTS) is 1. The van der Waals surface area contributed by atoms with Crippen LogP contribution >= 0.6 is 0 Å². The number of nitrogens with zero attached hydrogens (tertiary/aromatic N) is 3. The number of anilines is 3. The van der Waals surface area contributed by atoms with E-state index in [4.69, 9.17) is 10.5 Å². The van der Waals surface area contributed by atoms with E-state index in [1.807, 2.05) is 6.92 Å². The van der Waals surface area contributed by atoms with Crippen molar-refractivity contribution in [2.24, 2.45) is 5.92 Å². The minimum absolute atomic E-state index is 0.0744. The number of aliphatic hydroxyl groups is 1. The largest absolute Gasteiger partial charge is 0.474 e. The quantitative estimate of drug-likeness (QED) is 0.428. The van der Waals surface area contributed by atoms with E-state index in [0.717, 1.165) is 10.5 Å². The van der Waals surface area contributed by atoms with E-state index in [9.17, 15) is 15.0 Å². The summed E-state index contributed by atoms with van der Waals surface area (Å²) in [4.78, 5) is 21.9. The third-order valence-corrected chi connectivity index (χ3v) is 7.19. The Morgan fingerprint density at radius 2 is 2.09 bits per heavy atom. The van der Waals surface area contributed by atoms with Crippen molar-refractivity contribution >= 4 is 34.1 Å². The molecule has 9 nitrogen and oxygen atoms in total. The maximum atomic E-state index is 15.4. The molecular formula is C24H26FN5O4. The SMILES string of the molecule is Cc1c(-c2cc3cc(N(C(=O)O)[C@H]4C[C@@](C)(O)[C@H]4C)ncc3c(N)c2F)cnc2c1NCCO2. The van der Waals surface area contributed by atoms with Gasteiger partial charge in [0.2, 0.25) is 5.88 Å². The highest BCUT2D eigenvalue weighted by molar-refractivity contribution is 6.00. The molecule has 5 N–H and O–H groups in total. The van der Waals surface area contributed by atoms with Crippen molar-refractivity contribution < 1.29 is 24.1 Å². The van der Waals surface area contributed by atoms with Crippen LogP contribution in [0.15, 0.2) is 24.5 Å². The Labute approximate surface area is 195 Å². The first-order valence-electron chi connectivity index (χ1n) is 11.1. The molecule has 0 bridgehead atoms. The van der Waals surface area contributed by atoms with Gasteiger partial charge in [-0.2, -0.15) is 0 Å². The Bertz CT molecular complexity index is 1330. The summed E-state index contributed by atoms with van der Waals surface area (Å²) < 4.78 is 20.9. The van der Waals surface area contributed by atoms with Crippen LogP contribution in [0, 0.1) is 18.7 Å². The normalized spacial score (nSPS) is 23.4. The zero-order chi connectivity index (χ0) is 24.4. The molecule has 0 saturated heterocycles. The molecule has 3 atom stereocenters. The van der Waals surface area contributed by atoms with Gasteiger partial charge in [0.15, 0.2) is 5.82 Å². The molecule has 1 amide bonds. The van der Waals surface area contributed by atoms with Gasteiger partial charge in [-0.1, -0.05) is 6.92 Å². The van der Waals surface area contributed by atoms with Crippen LogP contribution in [0.4, 0.5) is 26.4 Å². The molecule has 1 saturated carbocycles. The Morgan fingerprint density at radius 3 is 2.76 bits per heavy atom. The van der Waals surface area contributed by atoms with Crippen LogP contribution < -0.4 is 20.7 Å². The lowest BCUT2D eigenvalue weighted by Gasteiger charge is -2.51. The smallest absolute Gasteiger partial charge is 0.413 e. The number of nitrogen functional groups attached to an aromatic ring is 1. The van der Waals surface area contributed by atoms with Crippen LogP contribution in [0.3, 0.4) is 0 Å². The second-order valence-corrected chi connectivity index (χ2v) is 9.24. The molecule has 0 spiro atoms. The van der Waals surface area contributed by atoms with Crippen LogP contribution in [0.5, 0.6) is 5.88 Å². The number of hydrogen-bond donors (Lipinski definition) is 4. The highest BCUT2D eigenvalue weighted by Gasteiger charge is 2.51. The van der Waals surface area contributed by atoms with Gasteiger partial charge in [-0.15, -0.1) is 0 Å². The predicted octanol–water partition coefficient (Wildman–Crippen LogP) is 3.77. The van der Waals surface area contributed by atoms with Crippen molar-refractivity contribution in [1.82, 2.24) is 9.97 Å². The minimum Gasteiger partial charge on any atom is -0.474 e. The monoisotopic (exact) mass is 467 g/mol. The van der Waals surface area contributed by atoms with Gasteiger partial charge in [-0.3, -0.25) is 4.90 Å². The molecular weight excluding hydrogens is 441 g/mol. The average molecular weight is 468 g/mol. The van der Waals surface area contributed by atoms with Gasteiger partial charge in [-0.05, 0) is 43.4 Å². The maximum Gasteiger partial charge on any atom is 0.413 e. The number of halogens is 1. The number of rotatable bonds is 3. The number of carbonyl (C=O) groups is 1. The number of benzene rings is 1. The first kappa shape index (κ1) is 22.1. The number of hydrogen-bond acceptors (Lipinski definition) is 7. The Balaban J connectivity index is 1.63. The highest BCUT2D eigenvalue weighted by atomic mass is 19.1. The lowest BCUT2D eigenvalue weighted by Crippen LogP contribution is -2.62. The molecule has 34 heavy (non-hydrogen) atoms. The second kappa shape index (κ2) is 7.69. The Kier molecular flexibility index (Phi) is 5.01. The van der Waals surface area contributed by atoms with Crippen molar-refractivity contribution in [1.29, 1.82) is 0 Å². The molecule has 0 radical (unpaired) electrons. The average Bonchev–Trinajstić information content (AvgIpc) is 2.81. The fourth-order valence-electron chi connectivity index (χ4n) is 4.87. The van der Waals surface area contributed by atoms with E-state index in [-0.39, 0.29) is 23.0 Å². The summed E-state index contributed by atoms with van der Waals surface area (Å²) in [6.07, 6.45) is 2.06. The zero-order valence-corrected chi connectivity index (χ0v) is 19.1. The van der Waals surface area contributed by atoms with E-state index in [0.29, 0.717) is 47.5 Å². The van der Waals surface area contributed by atoms with E-state index in [2.05, 4.69) is 15.3 Å². The lowest BCUT2D eigenvalue weighted by atomic mass is 9.67. The standard InChI is InChI=1S/C24H26FN5O4/c1-11-15(9-29-22-21(11)27-4-5-34-22)14-6-13-7-18(28-10-16(13)20(26)19(14)25)30(23(31)32)17-8-24(3,33)12(17)2/h6-7,9-10,12,17,27,33H,4-5,8,26H2,1-3H3,(H,31,32)/t12-,17-,24+/m0/s1. The molecule has 3 aromatic rings. The molecule has 178 valence electrons. The first-order valence-corrected chi connectivity index (χ1v) is 11.1. The summed E-state index contributed by atoms with van der Waals surface area (Å²) >= 11 is 0. The van der Waals surface area contributed by atoms with E-state index < -0.39 is 23.6 Å². The summed E-state index contributed by atoms with van der Waals surface area (Å²) in [7, 11) is 0. The molecule has 3 heterocycles. The second-order valence-electron chi connectivity index (χ2n) is 9.24. The molecule has 10 heteroatoms. The van der Waals surface area contributed by atoms with E-state index in [1.54, 1.807) is 32.2 Å². The molecule has 2 aliphatic rings. The number of ether oxygens (including phenoxy) is 1. The van der Waals surface area contributed by atoms with Crippen molar-refractivity contribution in [3.8, 4) is 17.0 Å². The molecule has 0 unspecified atom stereocenters. The van der Waals surface area contributed by atoms with Crippen LogP contribution in [-0.4, -0.2) is 51.1 Å².